The molecular weight excluding hydrogens is 646 g/mol. The van der Waals surface area contributed by atoms with Gasteiger partial charge in [-0.3, -0.25) is 4.79 Å². The van der Waals surface area contributed by atoms with Crippen LogP contribution in [-0.2, 0) is 6.18 Å². The van der Waals surface area contributed by atoms with Crippen LogP contribution in [0.2, 0.25) is 5.02 Å². The van der Waals surface area contributed by atoms with Crippen LogP contribution in [0.25, 0.3) is 22.2 Å². The molecule has 0 saturated heterocycles. The number of nitrogen functional groups attached to an aromatic ring is 1. The first-order chi connectivity index (χ1) is 18.6. The predicted molar refractivity (Wildman–Crippen MR) is 154 cm³/mol. The summed E-state index contributed by atoms with van der Waals surface area (Å²) in [5.41, 5.74) is 7.63. The lowest BCUT2D eigenvalue weighted by molar-refractivity contribution is -0.137. The van der Waals surface area contributed by atoms with Gasteiger partial charge < -0.3 is 20.4 Å². The molecule has 1 aliphatic rings. The van der Waals surface area contributed by atoms with Crippen molar-refractivity contribution in [2.24, 2.45) is 0 Å². The second-order valence-corrected chi connectivity index (χ2v) is 11.5. The van der Waals surface area contributed by atoms with Crippen LogP contribution in [0.4, 0.5) is 24.7 Å². The van der Waals surface area contributed by atoms with Gasteiger partial charge in [0.25, 0.3) is 5.91 Å². The summed E-state index contributed by atoms with van der Waals surface area (Å²) in [5.74, 6) is -0.130. The Bertz CT molecular complexity index is 1550. The predicted octanol–water partition coefficient (Wildman–Crippen LogP) is 7.53. The Kier molecular flexibility index (Phi) is 7.64. The molecule has 1 amide bonds. The summed E-state index contributed by atoms with van der Waals surface area (Å²) in [4.78, 5) is 21.6. The summed E-state index contributed by atoms with van der Waals surface area (Å²) in [6.45, 7) is 0. The lowest BCUT2D eigenvalue weighted by Crippen LogP contribution is -2.17. The van der Waals surface area contributed by atoms with Crippen LogP contribution < -0.4 is 15.8 Å². The highest BCUT2D eigenvalue weighted by Gasteiger charge is 2.32. The van der Waals surface area contributed by atoms with Crippen molar-refractivity contribution < 1.29 is 22.7 Å². The smallest absolute Gasteiger partial charge is 0.416 e. The summed E-state index contributed by atoms with van der Waals surface area (Å²) in [7, 11) is 1.44. The number of ether oxygens (including phenoxy) is 1. The molecule has 7 nitrogen and oxygen atoms in total. The number of aromatic nitrogens is 3. The van der Waals surface area contributed by atoms with Crippen LogP contribution in [0.15, 0.2) is 48.9 Å². The van der Waals surface area contributed by atoms with E-state index in [1.54, 1.807) is 18.2 Å². The van der Waals surface area contributed by atoms with Crippen LogP contribution in [-0.4, -0.2) is 31.5 Å². The number of alkyl halides is 4. The molecule has 0 spiro atoms. The van der Waals surface area contributed by atoms with Crippen LogP contribution in [0.3, 0.4) is 0 Å². The molecular formula is C27H24ClF3IN5O2. The molecule has 1 fully saturated rings. The Morgan fingerprint density at radius 1 is 1.15 bits per heavy atom. The third-order valence-corrected chi connectivity index (χ3v) is 8.53. The van der Waals surface area contributed by atoms with Crippen molar-refractivity contribution in [2.45, 2.75) is 41.8 Å². The van der Waals surface area contributed by atoms with E-state index in [2.05, 4.69) is 42.4 Å². The largest absolute Gasteiger partial charge is 0.495 e. The molecule has 2 aromatic heterocycles. The van der Waals surface area contributed by atoms with E-state index >= 15 is 0 Å². The van der Waals surface area contributed by atoms with E-state index in [1.165, 1.54) is 13.4 Å². The lowest BCUT2D eigenvalue weighted by Gasteiger charge is -2.26. The number of nitrogens with zero attached hydrogens (tertiary/aromatic N) is 3. The molecule has 2 aromatic carbocycles. The summed E-state index contributed by atoms with van der Waals surface area (Å²) < 4.78 is 47.9. The molecule has 1 saturated carbocycles. The molecule has 0 bridgehead atoms. The first-order valence-electron chi connectivity index (χ1n) is 12.2. The van der Waals surface area contributed by atoms with Crippen LogP contribution >= 0.6 is 34.2 Å². The first-order valence-corrected chi connectivity index (χ1v) is 13.8. The number of amides is 1. The third-order valence-electron chi connectivity index (χ3n) is 6.96. The molecule has 12 heteroatoms. The molecule has 2 heterocycles. The molecule has 0 radical (unpaired) electrons. The van der Waals surface area contributed by atoms with Crippen molar-refractivity contribution in [3.8, 4) is 16.9 Å². The van der Waals surface area contributed by atoms with Gasteiger partial charge in [-0.15, -0.1) is 0 Å². The minimum absolute atomic E-state index is 0.101. The maximum absolute atomic E-state index is 13.2. The maximum atomic E-state index is 13.2. The van der Waals surface area contributed by atoms with Crippen LogP contribution in [0.5, 0.6) is 5.75 Å². The summed E-state index contributed by atoms with van der Waals surface area (Å²) in [6.07, 6.45) is 3.20. The highest BCUT2D eigenvalue weighted by molar-refractivity contribution is 14.1. The summed E-state index contributed by atoms with van der Waals surface area (Å²) in [5, 5.41) is 3.24. The van der Waals surface area contributed by atoms with Gasteiger partial charge in [0.15, 0.2) is 0 Å². The fourth-order valence-corrected chi connectivity index (χ4v) is 5.87. The lowest BCUT2D eigenvalue weighted by atomic mass is 9.95. The van der Waals surface area contributed by atoms with Gasteiger partial charge in [0.2, 0.25) is 0 Å². The molecule has 204 valence electrons. The van der Waals surface area contributed by atoms with Crippen molar-refractivity contribution in [3.05, 3.63) is 65.1 Å². The fourth-order valence-electron chi connectivity index (χ4n) is 4.95. The maximum Gasteiger partial charge on any atom is 0.416 e. The number of carbonyl (C=O) groups is 1. The Morgan fingerprint density at radius 2 is 1.90 bits per heavy atom. The number of rotatable bonds is 5. The normalized spacial score (nSPS) is 17.8. The average Bonchev–Trinajstić information content (AvgIpc) is 3.30. The summed E-state index contributed by atoms with van der Waals surface area (Å²) >= 11 is 8.54. The van der Waals surface area contributed by atoms with Crippen LogP contribution in [0.1, 0.15) is 47.6 Å². The Labute approximate surface area is 241 Å². The fraction of sp³-hybridized carbons (Fsp3) is 0.296. The number of carbonyl (C=O) groups excluding carboxylic acids is 1. The number of halogens is 5. The van der Waals surface area contributed by atoms with E-state index in [9.17, 15) is 18.0 Å². The Balaban J connectivity index is 1.50. The molecule has 0 aliphatic heterocycles. The van der Waals surface area contributed by atoms with Crippen molar-refractivity contribution in [2.75, 3.05) is 18.2 Å². The van der Waals surface area contributed by atoms with Gasteiger partial charge in [0.05, 0.1) is 34.3 Å². The molecule has 5 rings (SSSR count). The monoisotopic (exact) mass is 669 g/mol. The van der Waals surface area contributed by atoms with Gasteiger partial charge in [-0.1, -0.05) is 40.3 Å². The Morgan fingerprint density at radius 3 is 2.59 bits per heavy atom. The number of methoxy groups -OCH3 is 1. The second kappa shape index (κ2) is 10.8. The SMILES string of the molecule is COc1cc(-c2cn(C3CCC(I)CC3)c3ncnc(N)c23)ccc1NC(=O)c1cc(C(F)(F)F)ccc1Cl. The Hall–Kier alpha value is -3.06. The number of hydrogen-bond donors (Lipinski definition) is 2. The number of anilines is 2. The highest BCUT2D eigenvalue weighted by Crippen LogP contribution is 2.41. The van der Waals surface area contributed by atoms with Gasteiger partial charge in [0.1, 0.15) is 23.5 Å². The number of nitrogens with two attached hydrogens (primary N) is 1. The first kappa shape index (κ1) is 27.5. The van der Waals surface area contributed by atoms with Gasteiger partial charge in [-0.05, 0) is 61.6 Å². The van der Waals surface area contributed by atoms with Crippen molar-refractivity contribution in [3.63, 3.8) is 0 Å². The number of fused-ring (bicyclic) bond motifs is 1. The number of nitrogens with one attached hydrogen (secondary N) is 1. The quantitative estimate of drug-likeness (QED) is 0.169. The zero-order valence-corrected chi connectivity index (χ0v) is 23.6. The van der Waals surface area contributed by atoms with E-state index in [0.29, 0.717) is 21.5 Å². The molecule has 0 atom stereocenters. The van der Waals surface area contributed by atoms with E-state index in [0.717, 1.165) is 66.0 Å². The minimum Gasteiger partial charge on any atom is -0.495 e. The second-order valence-electron chi connectivity index (χ2n) is 9.37. The minimum atomic E-state index is -4.61. The number of hydrogen-bond acceptors (Lipinski definition) is 5. The molecule has 39 heavy (non-hydrogen) atoms. The van der Waals surface area contributed by atoms with Crippen LogP contribution in [0, 0.1) is 0 Å². The number of benzene rings is 2. The summed E-state index contributed by atoms with van der Waals surface area (Å²) in [6, 6.07) is 8.02. The van der Waals surface area contributed by atoms with Gasteiger partial charge >= 0.3 is 6.18 Å². The van der Waals surface area contributed by atoms with Crippen molar-refractivity contribution in [1.82, 2.24) is 14.5 Å². The topological polar surface area (TPSA) is 95.1 Å². The van der Waals surface area contributed by atoms with Gasteiger partial charge in [0, 0.05) is 21.7 Å². The van der Waals surface area contributed by atoms with Gasteiger partial charge in [-0.25, -0.2) is 9.97 Å². The highest BCUT2D eigenvalue weighted by atomic mass is 127. The standard InChI is InChI=1S/C27H24ClF3IN5O2/c1-39-22-10-14(2-9-21(22)36-26(38)18-11-15(27(29,30)31)3-8-20(18)28)19-12-37(17-6-4-16(32)5-7-17)25-23(19)24(33)34-13-35-25/h2-3,8-13,16-17H,4-7H2,1H3,(H,36,38)(H2,33,34,35). The molecule has 1 aliphatic carbocycles. The zero-order chi connectivity index (χ0) is 27.9. The van der Waals surface area contributed by atoms with E-state index in [-0.39, 0.29) is 16.3 Å². The third kappa shape index (κ3) is 5.51. The zero-order valence-electron chi connectivity index (χ0n) is 20.7. The molecule has 3 N–H and O–H groups in total. The van der Waals surface area contributed by atoms with Crippen molar-refractivity contribution >= 4 is 62.6 Å². The average molecular weight is 670 g/mol. The van der Waals surface area contributed by atoms with E-state index < -0.39 is 17.6 Å². The van der Waals surface area contributed by atoms with Crippen molar-refractivity contribution in [1.29, 1.82) is 0 Å². The van der Waals surface area contributed by atoms with E-state index in [1.807, 2.05) is 6.20 Å². The molecule has 4 aromatic rings. The van der Waals surface area contributed by atoms with Gasteiger partial charge in [-0.2, -0.15) is 13.2 Å². The van der Waals surface area contributed by atoms with E-state index in [4.69, 9.17) is 22.1 Å². The molecule has 0 unspecified atom stereocenters.